The lowest BCUT2D eigenvalue weighted by Gasteiger charge is -2.13. The number of hydrogen-bond acceptors (Lipinski definition) is 3. The van der Waals surface area contributed by atoms with E-state index >= 15 is 0 Å². The van der Waals surface area contributed by atoms with Crippen molar-refractivity contribution >= 4 is 15.8 Å². The fourth-order valence-corrected chi connectivity index (χ4v) is 3.68. The normalized spacial score (nSPS) is 12.1. The molecule has 2 rings (SSSR count). The molecule has 0 heterocycles. The second kappa shape index (κ2) is 8.85. The summed E-state index contributed by atoms with van der Waals surface area (Å²) in [6.07, 6.45) is 1.23. The van der Waals surface area contributed by atoms with E-state index in [-0.39, 0.29) is 0 Å². The zero-order valence-electron chi connectivity index (χ0n) is 15.8. The second-order valence-corrected chi connectivity index (χ2v) is 8.33. The van der Waals surface area contributed by atoms with Gasteiger partial charge in [-0.2, -0.15) is 0 Å². The minimum absolute atomic E-state index is 0.370. The van der Waals surface area contributed by atoms with Gasteiger partial charge in [-0.25, -0.2) is 13.4 Å². The number of nitrogens with zero attached hydrogens (tertiary/aromatic N) is 1. The van der Waals surface area contributed by atoms with E-state index in [4.69, 9.17) is 0 Å². The molecular weight excluding hydrogens is 346 g/mol. The van der Waals surface area contributed by atoms with Crippen LogP contribution in [0.5, 0.6) is 0 Å². The summed E-state index contributed by atoms with van der Waals surface area (Å²) in [5.74, 6) is 0.737. The highest BCUT2D eigenvalue weighted by atomic mass is 32.2. The van der Waals surface area contributed by atoms with Crippen LogP contribution in [0.4, 0.5) is 0 Å². The summed E-state index contributed by atoms with van der Waals surface area (Å²) in [4.78, 5) is 4.98. The van der Waals surface area contributed by atoms with E-state index in [0.29, 0.717) is 18.0 Å². The summed E-state index contributed by atoms with van der Waals surface area (Å²) in [6.45, 7) is 7.87. The number of aryl methyl sites for hydroxylation is 2. The van der Waals surface area contributed by atoms with Crippen LogP contribution in [0.15, 0.2) is 52.4 Å². The number of aliphatic imine (C=N–C) groups is 1. The molecule has 0 unspecified atom stereocenters. The Hall–Kier alpha value is -2.34. The summed E-state index contributed by atoms with van der Waals surface area (Å²) in [6, 6.07) is 13.6. The lowest BCUT2D eigenvalue weighted by molar-refractivity contribution is 0.601. The van der Waals surface area contributed by atoms with Crippen molar-refractivity contribution in [2.45, 2.75) is 38.8 Å². The molecule has 0 amide bonds. The molecule has 0 spiro atoms. The molecule has 0 aliphatic heterocycles. The van der Waals surface area contributed by atoms with Crippen molar-refractivity contribution in [3.05, 3.63) is 64.7 Å². The maximum Gasteiger partial charge on any atom is 0.191 e. The van der Waals surface area contributed by atoms with Crippen LogP contribution in [-0.4, -0.2) is 27.2 Å². The van der Waals surface area contributed by atoms with Crippen molar-refractivity contribution in [2.24, 2.45) is 4.99 Å². The molecule has 0 aromatic heterocycles. The van der Waals surface area contributed by atoms with Crippen LogP contribution in [0.1, 0.15) is 29.2 Å². The molecule has 0 fully saturated rings. The third-order valence-corrected chi connectivity index (χ3v) is 5.37. The van der Waals surface area contributed by atoms with Gasteiger partial charge in [-0.05, 0) is 49.1 Å². The first kappa shape index (κ1) is 20.0. The van der Waals surface area contributed by atoms with Crippen LogP contribution >= 0.6 is 0 Å². The van der Waals surface area contributed by atoms with Crippen molar-refractivity contribution in [2.75, 3.05) is 12.8 Å². The summed E-state index contributed by atoms with van der Waals surface area (Å²) in [5, 5.41) is 6.58. The molecule has 0 saturated carbocycles. The van der Waals surface area contributed by atoms with Crippen molar-refractivity contribution in [1.29, 1.82) is 0 Å². The highest BCUT2D eigenvalue weighted by Crippen LogP contribution is 2.17. The van der Waals surface area contributed by atoms with Gasteiger partial charge in [0, 0.05) is 19.3 Å². The van der Waals surface area contributed by atoms with Gasteiger partial charge in [0.1, 0.15) is 0 Å². The molecule has 0 atom stereocenters. The van der Waals surface area contributed by atoms with E-state index in [9.17, 15) is 8.42 Å². The lowest BCUT2D eigenvalue weighted by Crippen LogP contribution is -2.36. The van der Waals surface area contributed by atoms with Gasteiger partial charge in [-0.15, -0.1) is 0 Å². The fourth-order valence-electron chi connectivity index (χ4n) is 2.73. The van der Waals surface area contributed by atoms with Crippen LogP contribution in [0.25, 0.3) is 0 Å². The van der Waals surface area contributed by atoms with E-state index in [2.05, 4.69) is 34.7 Å². The van der Waals surface area contributed by atoms with Crippen molar-refractivity contribution in [3.8, 4) is 0 Å². The van der Waals surface area contributed by atoms with Gasteiger partial charge in [0.05, 0.1) is 11.4 Å². The molecule has 2 aromatic rings. The molecule has 2 aromatic carbocycles. The maximum atomic E-state index is 11.7. The average Bonchev–Trinajstić information content (AvgIpc) is 2.57. The standard InChI is InChI=1S/C20H27N3O2S/c1-5-21-20(23-14-18-9-7-6-8-15(18)2)22-13-17-10-11-19(16(3)12-17)26(4,24)25/h6-12H,5,13-14H2,1-4H3,(H2,21,22,23). The number of benzene rings is 2. The monoisotopic (exact) mass is 373 g/mol. The Labute approximate surface area is 156 Å². The number of nitrogens with one attached hydrogen (secondary N) is 2. The predicted molar refractivity (Wildman–Crippen MR) is 107 cm³/mol. The molecular formula is C20H27N3O2S. The van der Waals surface area contributed by atoms with E-state index in [1.54, 1.807) is 6.07 Å². The van der Waals surface area contributed by atoms with E-state index in [1.165, 1.54) is 17.4 Å². The van der Waals surface area contributed by atoms with E-state index in [1.807, 2.05) is 38.1 Å². The van der Waals surface area contributed by atoms with Crippen LogP contribution in [-0.2, 0) is 22.9 Å². The number of sulfone groups is 1. The molecule has 26 heavy (non-hydrogen) atoms. The topological polar surface area (TPSA) is 70.6 Å². The first-order valence-electron chi connectivity index (χ1n) is 8.67. The quantitative estimate of drug-likeness (QED) is 0.603. The Morgan fingerprint density at radius 3 is 2.38 bits per heavy atom. The fraction of sp³-hybridized carbons (Fsp3) is 0.350. The predicted octanol–water partition coefficient (Wildman–Crippen LogP) is 2.96. The zero-order chi connectivity index (χ0) is 19.2. The van der Waals surface area contributed by atoms with E-state index in [0.717, 1.165) is 23.6 Å². The zero-order valence-corrected chi connectivity index (χ0v) is 16.7. The van der Waals surface area contributed by atoms with Crippen LogP contribution in [0.2, 0.25) is 0 Å². The lowest BCUT2D eigenvalue weighted by atomic mass is 10.1. The number of guanidine groups is 1. The summed E-state index contributed by atoms with van der Waals surface area (Å²) >= 11 is 0. The first-order valence-corrected chi connectivity index (χ1v) is 10.6. The molecule has 0 aliphatic carbocycles. The van der Waals surface area contributed by atoms with Crippen LogP contribution in [0.3, 0.4) is 0 Å². The van der Waals surface area contributed by atoms with Gasteiger partial charge < -0.3 is 10.6 Å². The molecule has 140 valence electrons. The highest BCUT2D eigenvalue weighted by molar-refractivity contribution is 7.90. The van der Waals surface area contributed by atoms with Gasteiger partial charge in [-0.3, -0.25) is 0 Å². The van der Waals surface area contributed by atoms with Crippen LogP contribution < -0.4 is 10.6 Å². The Bertz CT molecular complexity index is 890. The Balaban J connectivity index is 2.09. The number of rotatable bonds is 6. The summed E-state index contributed by atoms with van der Waals surface area (Å²) < 4.78 is 23.4. The first-order chi connectivity index (χ1) is 12.3. The Kier molecular flexibility index (Phi) is 6.80. The third-order valence-electron chi connectivity index (χ3n) is 4.11. The third kappa shape index (κ3) is 5.59. The maximum absolute atomic E-state index is 11.7. The Morgan fingerprint density at radius 1 is 1.04 bits per heavy atom. The van der Waals surface area contributed by atoms with E-state index < -0.39 is 9.84 Å². The smallest absolute Gasteiger partial charge is 0.191 e. The molecule has 6 heteroatoms. The van der Waals surface area contributed by atoms with Gasteiger partial charge in [0.25, 0.3) is 0 Å². The van der Waals surface area contributed by atoms with Gasteiger partial charge in [0.15, 0.2) is 15.8 Å². The summed E-state index contributed by atoms with van der Waals surface area (Å²) in [7, 11) is -3.19. The van der Waals surface area contributed by atoms with Crippen molar-refractivity contribution in [1.82, 2.24) is 10.6 Å². The van der Waals surface area contributed by atoms with Gasteiger partial charge in [-0.1, -0.05) is 36.4 Å². The van der Waals surface area contributed by atoms with Gasteiger partial charge in [0.2, 0.25) is 0 Å². The molecule has 0 radical (unpaired) electrons. The van der Waals surface area contributed by atoms with Crippen LogP contribution in [0, 0.1) is 13.8 Å². The number of hydrogen-bond donors (Lipinski definition) is 2. The molecule has 5 nitrogen and oxygen atoms in total. The summed E-state index contributed by atoms with van der Waals surface area (Å²) in [5.41, 5.74) is 4.19. The second-order valence-electron chi connectivity index (χ2n) is 6.35. The van der Waals surface area contributed by atoms with Crippen molar-refractivity contribution < 1.29 is 8.42 Å². The van der Waals surface area contributed by atoms with Crippen molar-refractivity contribution in [3.63, 3.8) is 0 Å². The van der Waals surface area contributed by atoms with Gasteiger partial charge >= 0.3 is 0 Å². The molecule has 0 bridgehead atoms. The minimum atomic E-state index is -3.19. The highest BCUT2D eigenvalue weighted by Gasteiger charge is 2.10. The SMILES string of the molecule is CCNC(=NCc1ccc(S(C)(=O)=O)c(C)c1)NCc1ccccc1C. The molecule has 0 saturated heterocycles. The molecule has 2 N–H and O–H groups in total. The largest absolute Gasteiger partial charge is 0.357 e. The Morgan fingerprint density at radius 2 is 1.77 bits per heavy atom. The average molecular weight is 374 g/mol. The molecule has 0 aliphatic rings. The minimum Gasteiger partial charge on any atom is -0.357 e.